The molecule has 9 heteroatoms. The molecule has 0 aliphatic carbocycles. The predicted octanol–water partition coefficient (Wildman–Crippen LogP) is 6.91. The van der Waals surface area contributed by atoms with Crippen molar-refractivity contribution >= 4 is 40.6 Å². The molecule has 1 N–H and O–H groups in total. The Bertz CT molecular complexity index is 1200. The SMILES string of the molecule is Cc1cccc(C2(O)N(c3ccc(Cl)cc3)C(=O)N(c3ccc(Cl)cc3)[C@@]2(C)C(F)(F)F)c1. The molecule has 1 saturated heterocycles. The molecular formula is C24H19Cl2F3N2O2. The fourth-order valence-electron chi connectivity index (χ4n) is 4.25. The molecule has 0 aromatic heterocycles. The van der Waals surface area contributed by atoms with Gasteiger partial charge in [0, 0.05) is 27.0 Å². The van der Waals surface area contributed by atoms with Gasteiger partial charge in [0.2, 0.25) is 5.72 Å². The molecule has 1 aliphatic rings. The molecule has 1 unspecified atom stereocenters. The monoisotopic (exact) mass is 494 g/mol. The molecule has 3 aromatic carbocycles. The zero-order chi connectivity index (χ0) is 24.2. The molecule has 0 spiro atoms. The molecule has 1 aliphatic heterocycles. The summed E-state index contributed by atoms with van der Waals surface area (Å²) in [7, 11) is 0. The number of urea groups is 1. The number of hydrogen-bond donors (Lipinski definition) is 1. The topological polar surface area (TPSA) is 43.8 Å². The highest BCUT2D eigenvalue weighted by Crippen LogP contribution is 2.57. The Morgan fingerprint density at radius 1 is 0.848 bits per heavy atom. The molecule has 4 rings (SSSR count). The quantitative estimate of drug-likeness (QED) is 0.429. The average Bonchev–Trinajstić information content (AvgIpc) is 2.94. The summed E-state index contributed by atoms with van der Waals surface area (Å²) in [5.74, 6) is 0. The number of halogens is 5. The highest BCUT2D eigenvalue weighted by Gasteiger charge is 2.77. The van der Waals surface area contributed by atoms with Gasteiger partial charge >= 0.3 is 12.2 Å². The Morgan fingerprint density at radius 2 is 1.33 bits per heavy atom. The van der Waals surface area contributed by atoms with Crippen molar-refractivity contribution in [3.8, 4) is 0 Å². The van der Waals surface area contributed by atoms with Crippen molar-refractivity contribution in [3.63, 3.8) is 0 Å². The van der Waals surface area contributed by atoms with E-state index in [0.717, 1.165) is 11.8 Å². The van der Waals surface area contributed by atoms with Crippen LogP contribution in [0.1, 0.15) is 18.1 Å². The Kier molecular flexibility index (Phi) is 5.63. The Morgan fingerprint density at radius 3 is 1.79 bits per heavy atom. The summed E-state index contributed by atoms with van der Waals surface area (Å²) in [6.45, 7) is 2.51. The maximum Gasteiger partial charge on any atom is 0.416 e. The number of hydrogen-bond acceptors (Lipinski definition) is 2. The highest BCUT2D eigenvalue weighted by molar-refractivity contribution is 6.31. The lowest BCUT2D eigenvalue weighted by atomic mass is 9.80. The molecule has 0 saturated carbocycles. The van der Waals surface area contributed by atoms with E-state index in [4.69, 9.17) is 23.2 Å². The number of anilines is 2. The van der Waals surface area contributed by atoms with E-state index in [9.17, 15) is 23.1 Å². The van der Waals surface area contributed by atoms with Gasteiger partial charge in [0.25, 0.3) is 0 Å². The van der Waals surface area contributed by atoms with Crippen LogP contribution in [0.4, 0.5) is 29.3 Å². The van der Waals surface area contributed by atoms with Crippen LogP contribution in [-0.2, 0) is 5.72 Å². The summed E-state index contributed by atoms with van der Waals surface area (Å²) >= 11 is 11.9. The van der Waals surface area contributed by atoms with Crippen molar-refractivity contribution in [2.45, 2.75) is 31.3 Å². The molecule has 33 heavy (non-hydrogen) atoms. The van der Waals surface area contributed by atoms with Gasteiger partial charge < -0.3 is 5.11 Å². The lowest BCUT2D eigenvalue weighted by Gasteiger charge is -2.45. The molecule has 172 valence electrons. The van der Waals surface area contributed by atoms with Crippen molar-refractivity contribution in [2.75, 3.05) is 9.80 Å². The average molecular weight is 495 g/mol. The summed E-state index contributed by atoms with van der Waals surface area (Å²) in [5.41, 5.74) is -5.35. The summed E-state index contributed by atoms with van der Waals surface area (Å²) in [4.78, 5) is 15.1. The molecule has 2 amide bonds. The summed E-state index contributed by atoms with van der Waals surface area (Å²) in [6, 6.07) is 16.0. The summed E-state index contributed by atoms with van der Waals surface area (Å²) < 4.78 is 44.8. The lowest BCUT2D eigenvalue weighted by molar-refractivity contribution is -0.227. The number of rotatable bonds is 3. The molecule has 0 bridgehead atoms. The van der Waals surface area contributed by atoms with E-state index >= 15 is 0 Å². The molecule has 0 radical (unpaired) electrons. The van der Waals surface area contributed by atoms with E-state index in [1.807, 2.05) is 0 Å². The van der Waals surface area contributed by atoms with Gasteiger partial charge in [-0.15, -0.1) is 0 Å². The van der Waals surface area contributed by atoms with Crippen molar-refractivity contribution < 1.29 is 23.1 Å². The zero-order valence-corrected chi connectivity index (χ0v) is 19.1. The second kappa shape index (κ2) is 7.94. The zero-order valence-electron chi connectivity index (χ0n) is 17.6. The van der Waals surface area contributed by atoms with Crippen LogP contribution in [0.3, 0.4) is 0 Å². The van der Waals surface area contributed by atoms with Gasteiger partial charge in [-0.1, -0.05) is 53.0 Å². The lowest BCUT2D eigenvalue weighted by Crippen LogP contribution is -2.66. The van der Waals surface area contributed by atoms with E-state index < -0.39 is 23.5 Å². The number of amides is 2. The normalized spacial score (nSPS) is 23.3. The number of benzene rings is 3. The standard InChI is InChI=1S/C24H19Cl2F3N2O2/c1-15-4-3-5-16(14-15)23(33)22(2,24(27,28)29)30(19-10-6-17(25)7-11-19)21(32)31(23)20-12-8-18(26)9-13-20/h3-14,33H,1-2H3/t22-,23?/m1/s1. The van der Waals surface area contributed by atoms with Crippen LogP contribution < -0.4 is 9.80 Å². The van der Waals surface area contributed by atoms with Crippen LogP contribution in [0.25, 0.3) is 0 Å². The first-order chi connectivity index (χ1) is 15.4. The summed E-state index contributed by atoms with van der Waals surface area (Å²) in [6.07, 6.45) is -5.04. The molecule has 1 heterocycles. The molecular weight excluding hydrogens is 476 g/mol. The van der Waals surface area contributed by atoms with Crippen molar-refractivity contribution in [1.82, 2.24) is 0 Å². The Hall–Kier alpha value is -2.74. The van der Waals surface area contributed by atoms with Crippen LogP contribution in [-0.4, -0.2) is 22.9 Å². The Labute approximate surface area is 198 Å². The fourth-order valence-corrected chi connectivity index (χ4v) is 4.50. The molecule has 1 fully saturated rings. The largest absolute Gasteiger partial charge is 0.416 e. The third-order valence-electron chi connectivity index (χ3n) is 5.97. The molecule has 4 nitrogen and oxygen atoms in total. The van der Waals surface area contributed by atoms with Gasteiger partial charge in [-0.2, -0.15) is 13.2 Å². The number of nitrogens with zero attached hydrogens (tertiary/aromatic N) is 2. The van der Waals surface area contributed by atoms with E-state index in [2.05, 4.69) is 0 Å². The summed E-state index contributed by atoms with van der Waals surface area (Å²) in [5, 5.41) is 12.7. The van der Waals surface area contributed by atoms with Crippen molar-refractivity contribution in [2.24, 2.45) is 0 Å². The number of aryl methyl sites for hydroxylation is 1. The van der Waals surface area contributed by atoms with Crippen LogP contribution in [0.15, 0.2) is 72.8 Å². The third kappa shape index (κ3) is 3.46. The molecule has 3 aromatic rings. The fraction of sp³-hybridized carbons (Fsp3) is 0.208. The van der Waals surface area contributed by atoms with Gasteiger partial charge in [0.15, 0.2) is 5.54 Å². The smallest absolute Gasteiger partial charge is 0.364 e. The maximum absolute atomic E-state index is 14.9. The second-order valence-corrected chi connectivity index (χ2v) is 8.89. The number of alkyl halides is 3. The number of carbonyl (C=O) groups excluding carboxylic acids is 1. The third-order valence-corrected chi connectivity index (χ3v) is 6.48. The first-order valence-corrected chi connectivity index (χ1v) is 10.7. The second-order valence-electron chi connectivity index (χ2n) is 8.02. The maximum atomic E-state index is 14.9. The predicted molar refractivity (Wildman–Crippen MR) is 123 cm³/mol. The Balaban J connectivity index is 2.08. The number of aliphatic hydroxyl groups is 1. The minimum Gasteiger partial charge on any atom is -0.364 e. The van der Waals surface area contributed by atoms with Gasteiger partial charge in [0.05, 0.1) is 0 Å². The van der Waals surface area contributed by atoms with E-state index in [1.165, 1.54) is 66.7 Å². The molecule has 2 atom stereocenters. The van der Waals surface area contributed by atoms with Crippen molar-refractivity contribution in [1.29, 1.82) is 0 Å². The van der Waals surface area contributed by atoms with Crippen LogP contribution in [0.2, 0.25) is 10.0 Å². The van der Waals surface area contributed by atoms with Crippen LogP contribution in [0.5, 0.6) is 0 Å². The van der Waals surface area contributed by atoms with Crippen LogP contribution in [0, 0.1) is 6.92 Å². The first kappa shape index (κ1) is 23.4. The number of carbonyl (C=O) groups is 1. The van der Waals surface area contributed by atoms with Gasteiger partial charge in [0.1, 0.15) is 0 Å². The highest BCUT2D eigenvalue weighted by atomic mass is 35.5. The van der Waals surface area contributed by atoms with Crippen LogP contribution >= 0.6 is 23.2 Å². The van der Waals surface area contributed by atoms with E-state index in [0.29, 0.717) is 20.5 Å². The minimum atomic E-state index is -5.04. The van der Waals surface area contributed by atoms with Gasteiger partial charge in [-0.3, -0.25) is 9.80 Å². The van der Waals surface area contributed by atoms with E-state index in [-0.39, 0.29) is 16.9 Å². The van der Waals surface area contributed by atoms with Gasteiger partial charge in [-0.25, -0.2) is 4.79 Å². The van der Waals surface area contributed by atoms with E-state index in [1.54, 1.807) is 13.0 Å². The van der Waals surface area contributed by atoms with Crippen molar-refractivity contribution in [3.05, 3.63) is 94.0 Å². The minimum absolute atomic E-state index is 0.0559. The first-order valence-electron chi connectivity index (χ1n) is 9.93. The van der Waals surface area contributed by atoms with Gasteiger partial charge in [-0.05, 0) is 62.4 Å².